The second-order valence-corrected chi connectivity index (χ2v) is 14.6. The van der Waals surface area contributed by atoms with Crippen LogP contribution in [0.1, 0.15) is 85.6 Å². The van der Waals surface area contributed by atoms with E-state index in [2.05, 4.69) is 52.0 Å². The number of ketones is 1. The minimum Gasteiger partial charge on any atom is -0.458 e. The maximum absolute atomic E-state index is 13.6. The molecule has 0 saturated heterocycles. The van der Waals surface area contributed by atoms with Crippen molar-refractivity contribution >= 4 is 28.1 Å². The maximum atomic E-state index is 13.6. The Morgan fingerprint density at radius 1 is 0.976 bits per heavy atom. The zero-order chi connectivity index (χ0) is 29.5. The molecule has 5 nitrogen and oxygen atoms in total. The van der Waals surface area contributed by atoms with Gasteiger partial charge in [-0.05, 0) is 107 Å². The average Bonchev–Trinajstić information content (AvgIpc) is 3.21. The fourth-order valence-electron chi connectivity index (χ4n) is 10.8. The molecular formula is C36H47NO4. The predicted molar refractivity (Wildman–Crippen MR) is 163 cm³/mol. The van der Waals surface area contributed by atoms with Gasteiger partial charge in [-0.15, -0.1) is 0 Å². The van der Waals surface area contributed by atoms with Gasteiger partial charge in [0.2, 0.25) is 0 Å². The lowest BCUT2D eigenvalue weighted by Gasteiger charge is -2.68. The van der Waals surface area contributed by atoms with Gasteiger partial charge in [0.25, 0.3) is 0 Å². The number of aliphatic hydroxyl groups is 1. The normalized spacial score (nSPS) is 43.1. The fraction of sp³-hybridized carbons (Fsp3) is 0.611. The molecule has 0 heterocycles. The van der Waals surface area contributed by atoms with Crippen molar-refractivity contribution in [2.45, 2.75) is 98.3 Å². The number of Topliss-reactive ketones (excluding diaryl/α,β-unsaturated/α-hetero) is 1. The third-order valence-corrected chi connectivity index (χ3v) is 12.8. The molecule has 0 aliphatic heterocycles. The molecule has 3 N–H and O–H groups in total. The van der Waals surface area contributed by atoms with E-state index in [0.29, 0.717) is 23.8 Å². The highest BCUT2D eigenvalue weighted by Crippen LogP contribution is 2.74. The van der Waals surface area contributed by atoms with E-state index < -0.39 is 6.10 Å². The SMILES string of the molecule is CC(=O)O[C@H]1C[C@@]2(C)[C@H](/C1=C(/C(C)=O)c1ccc3ccccc3c1)[C@@H](N)C[C@H]1[C@@]3(C)CC[C@@H](O)[C@@H](C)[C@@H]3CC[C@@]12C. The minimum atomic E-state index is -0.480. The molecule has 5 heteroatoms. The zero-order valence-electron chi connectivity index (χ0n) is 25.6. The Hall–Kier alpha value is -2.50. The van der Waals surface area contributed by atoms with Crippen molar-refractivity contribution < 1.29 is 19.4 Å². The molecule has 6 rings (SSSR count). The number of hydrogen-bond donors (Lipinski definition) is 2. The summed E-state index contributed by atoms with van der Waals surface area (Å²) in [6, 6.07) is 14.2. The van der Waals surface area contributed by atoms with Gasteiger partial charge in [-0.3, -0.25) is 9.59 Å². The van der Waals surface area contributed by atoms with Crippen molar-refractivity contribution in [1.82, 2.24) is 0 Å². The molecule has 0 radical (unpaired) electrons. The summed E-state index contributed by atoms with van der Waals surface area (Å²) in [7, 11) is 0. The van der Waals surface area contributed by atoms with E-state index in [1.165, 1.54) is 6.92 Å². The van der Waals surface area contributed by atoms with Crippen LogP contribution in [0.2, 0.25) is 0 Å². The molecule has 4 saturated carbocycles. The second kappa shape index (κ2) is 9.77. The molecule has 0 aromatic heterocycles. The van der Waals surface area contributed by atoms with Crippen LogP contribution in [0.25, 0.3) is 16.3 Å². The number of fused-ring (bicyclic) bond motifs is 6. The first-order chi connectivity index (χ1) is 19.3. The molecule has 4 fully saturated rings. The zero-order valence-corrected chi connectivity index (χ0v) is 25.6. The van der Waals surface area contributed by atoms with E-state index in [1.807, 2.05) is 18.2 Å². The Morgan fingerprint density at radius 2 is 1.68 bits per heavy atom. The molecule has 4 aliphatic rings. The van der Waals surface area contributed by atoms with E-state index in [9.17, 15) is 14.7 Å². The largest absolute Gasteiger partial charge is 0.458 e. The van der Waals surface area contributed by atoms with Crippen molar-refractivity contribution in [2.75, 3.05) is 0 Å². The van der Waals surface area contributed by atoms with Gasteiger partial charge in [0, 0.05) is 24.5 Å². The fourth-order valence-corrected chi connectivity index (χ4v) is 10.8. The van der Waals surface area contributed by atoms with Crippen LogP contribution in [-0.4, -0.2) is 35.1 Å². The summed E-state index contributed by atoms with van der Waals surface area (Å²) in [5.41, 5.74) is 9.56. The summed E-state index contributed by atoms with van der Waals surface area (Å²) in [4.78, 5) is 26.1. The molecule has 0 spiro atoms. The Balaban J connectivity index is 1.53. The molecule has 0 unspecified atom stereocenters. The first-order valence-corrected chi connectivity index (χ1v) is 15.7. The smallest absolute Gasteiger partial charge is 0.303 e. The lowest BCUT2D eigenvalue weighted by Crippen LogP contribution is -2.65. The number of rotatable bonds is 3. The molecule has 2 aromatic carbocycles. The Bertz CT molecular complexity index is 1430. The third-order valence-electron chi connectivity index (χ3n) is 12.8. The average molecular weight is 558 g/mol. The van der Waals surface area contributed by atoms with Crippen molar-refractivity contribution in [3.63, 3.8) is 0 Å². The Kier molecular flexibility index (Phi) is 6.82. The maximum Gasteiger partial charge on any atom is 0.303 e. The summed E-state index contributed by atoms with van der Waals surface area (Å²) in [5, 5.41) is 13.0. The van der Waals surface area contributed by atoms with Crippen LogP contribution >= 0.6 is 0 Å². The quantitative estimate of drug-likeness (QED) is 0.324. The van der Waals surface area contributed by atoms with Crippen LogP contribution in [0.5, 0.6) is 0 Å². The first kappa shape index (κ1) is 28.6. The number of benzene rings is 2. The highest BCUT2D eigenvalue weighted by atomic mass is 16.5. The molecule has 220 valence electrons. The number of ether oxygens (including phenoxy) is 1. The predicted octanol–water partition coefficient (Wildman–Crippen LogP) is 6.70. The van der Waals surface area contributed by atoms with Crippen LogP contribution in [0, 0.1) is 39.9 Å². The molecule has 2 aromatic rings. The third kappa shape index (κ3) is 4.09. The lowest BCUT2D eigenvalue weighted by atomic mass is 9.36. The lowest BCUT2D eigenvalue weighted by molar-refractivity contribution is -0.201. The molecule has 0 bridgehead atoms. The van der Waals surface area contributed by atoms with Gasteiger partial charge in [0.15, 0.2) is 5.78 Å². The van der Waals surface area contributed by atoms with Gasteiger partial charge in [0.1, 0.15) is 6.10 Å². The first-order valence-electron chi connectivity index (χ1n) is 15.7. The minimum absolute atomic E-state index is 0.0121. The topological polar surface area (TPSA) is 89.6 Å². The number of esters is 1. The Morgan fingerprint density at radius 3 is 2.37 bits per heavy atom. The van der Waals surface area contributed by atoms with Crippen LogP contribution in [0.15, 0.2) is 48.0 Å². The van der Waals surface area contributed by atoms with Crippen LogP contribution in [-0.2, 0) is 14.3 Å². The number of aliphatic hydroxyl groups excluding tert-OH is 1. The van der Waals surface area contributed by atoms with Crippen molar-refractivity contribution in [1.29, 1.82) is 0 Å². The van der Waals surface area contributed by atoms with Gasteiger partial charge < -0.3 is 15.6 Å². The van der Waals surface area contributed by atoms with Gasteiger partial charge in [-0.2, -0.15) is 0 Å². The molecule has 0 amide bonds. The van der Waals surface area contributed by atoms with Crippen LogP contribution in [0.3, 0.4) is 0 Å². The highest BCUT2D eigenvalue weighted by Gasteiger charge is 2.70. The number of carbonyl (C=O) groups is 2. The van der Waals surface area contributed by atoms with E-state index in [4.69, 9.17) is 10.5 Å². The standard InChI is InChI=1S/C36H47NO4/c1-20-26-13-16-35(5)30(34(26,4)15-14-28(20)40)18-27(37)33-32(29(41-22(3)39)19-36(33,35)6)31(21(2)38)25-12-11-23-9-7-8-10-24(23)17-25/h7-12,17,20,26-30,33,40H,13-16,18-19,37H2,1-6H3/b32-31-/t20-,26-,27-,28+,29-,30-,33-,34-,35-,36-/m0/s1. The summed E-state index contributed by atoms with van der Waals surface area (Å²) < 4.78 is 6.12. The second-order valence-electron chi connectivity index (χ2n) is 14.6. The molecule has 4 aliphatic carbocycles. The summed E-state index contributed by atoms with van der Waals surface area (Å²) >= 11 is 0. The van der Waals surface area contributed by atoms with Crippen molar-refractivity contribution in [2.24, 2.45) is 45.7 Å². The van der Waals surface area contributed by atoms with Gasteiger partial charge >= 0.3 is 5.97 Å². The number of nitrogens with two attached hydrogens (primary N) is 1. The number of carbonyl (C=O) groups excluding carboxylic acids is 2. The summed E-state index contributed by atoms with van der Waals surface area (Å²) in [6.07, 6.45) is 4.85. The molecule has 41 heavy (non-hydrogen) atoms. The van der Waals surface area contributed by atoms with Gasteiger partial charge in [-0.25, -0.2) is 0 Å². The van der Waals surface area contributed by atoms with Gasteiger partial charge in [0.05, 0.1) is 6.10 Å². The summed E-state index contributed by atoms with van der Waals surface area (Å²) in [6.45, 7) is 12.6. The van der Waals surface area contributed by atoms with Crippen LogP contribution in [0.4, 0.5) is 0 Å². The van der Waals surface area contributed by atoms with E-state index in [1.54, 1.807) is 6.92 Å². The van der Waals surface area contributed by atoms with Crippen molar-refractivity contribution in [3.05, 3.63) is 53.6 Å². The summed E-state index contributed by atoms with van der Waals surface area (Å²) in [5.74, 6) is 0.760. The van der Waals surface area contributed by atoms with Gasteiger partial charge in [-0.1, -0.05) is 64.1 Å². The molecular weight excluding hydrogens is 510 g/mol. The highest BCUT2D eigenvalue weighted by molar-refractivity contribution is 6.21. The van der Waals surface area contributed by atoms with E-state index in [-0.39, 0.29) is 52.0 Å². The molecule has 10 atom stereocenters. The van der Waals surface area contributed by atoms with Crippen LogP contribution < -0.4 is 5.73 Å². The number of hydrogen-bond acceptors (Lipinski definition) is 5. The number of allylic oxidation sites excluding steroid dienone is 1. The Labute approximate surface area is 244 Å². The van der Waals surface area contributed by atoms with E-state index >= 15 is 0 Å². The van der Waals surface area contributed by atoms with E-state index in [0.717, 1.165) is 54.0 Å². The van der Waals surface area contributed by atoms with Crippen molar-refractivity contribution in [3.8, 4) is 0 Å². The monoisotopic (exact) mass is 557 g/mol.